The van der Waals surface area contributed by atoms with E-state index in [0.29, 0.717) is 10.6 Å². The Balaban J connectivity index is 2.26. The van der Waals surface area contributed by atoms with Crippen molar-refractivity contribution >= 4 is 29.1 Å². The molecular formula is C17H18ClN3O2. The molecule has 3 N–H and O–H groups in total. The second-order valence-electron chi connectivity index (χ2n) is 6.20. The van der Waals surface area contributed by atoms with Crippen LogP contribution in [0.15, 0.2) is 36.5 Å². The summed E-state index contributed by atoms with van der Waals surface area (Å²) < 4.78 is 0. The van der Waals surface area contributed by atoms with E-state index >= 15 is 0 Å². The number of hydrogen-bond acceptors (Lipinski definition) is 3. The lowest BCUT2D eigenvalue weighted by molar-refractivity contribution is 0.0996. The summed E-state index contributed by atoms with van der Waals surface area (Å²) in [6, 6.07) is 8.71. The molecule has 1 aromatic carbocycles. The molecule has 6 heteroatoms. The number of rotatable bonds is 3. The van der Waals surface area contributed by atoms with E-state index in [1.807, 2.05) is 12.1 Å². The van der Waals surface area contributed by atoms with Crippen LogP contribution in [0.25, 0.3) is 0 Å². The minimum Gasteiger partial charge on any atom is -0.364 e. The number of nitrogens with two attached hydrogens (primary N) is 1. The Morgan fingerprint density at radius 3 is 2.30 bits per heavy atom. The van der Waals surface area contributed by atoms with Crippen molar-refractivity contribution in [3.05, 3.63) is 58.4 Å². The Hall–Kier alpha value is -2.40. The molecule has 0 atom stereocenters. The van der Waals surface area contributed by atoms with Crippen LogP contribution in [0.4, 0.5) is 5.69 Å². The minimum atomic E-state index is -0.736. The van der Waals surface area contributed by atoms with Crippen molar-refractivity contribution in [1.29, 1.82) is 0 Å². The number of carbonyl (C=O) groups excluding carboxylic acids is 2. The molecule has 1 aromatic heterocycles. The maximum absolute atomic E-state index is 12.3. The second-order valence-corrected chi connectivity index (χ2v) is 6.63. The molecule has 0 saturated carbocycles. The smallest absolute Gasteiger partial charge is 0.269 e. The van der Waals surface area contributed by atoms with Crippen molar-refractivity contribution in [2.45, 2.75) is 26.2 Å². The van der Waals surface area contributed by atoms with E-state index in [1.54, 1.807) is 12.1 Å². The van der Waals surface area contributed by atoms with Crippen LogP contribution in [0.5, 0.6) is 0 Å². The zero-order valence-corrected chi connectivity index (χ0v) is 13.9. The number of primary amides is 1. The Bertz CT molecular complexity index is 749. The first-order valence-corrected chi connectivity index (χ1v) is 7.43. The van der Waals surface area contributed by atoms with Crippen LogP contribution in [0.3, 0.4) is 0 Å². The molecule has 120 valence electrons. The Morgan fingerprint density at radius 1 is 1.17 bits per heavy atom. The van der Waals surface area contributed by atoms with Crippen molar-refractivity contribution in [2.24, 2.45) is 5.73 Å². The molecule has 0 bridgehead atoms. The lowest BCUT2D eigenvalue weighted by Crippen LogP contribution is -2.20. The van der Waals surface area contributed by atoms with Crippen molar-refractivity contribution in [1.82, 2.24) is 4.98 Å². The number of halogens is 1. The Labute approximate surface area is 139 Å². The van der Waals surface area contributed by atoms with Crippen LogP contribution in [0, 0.1) is 0 Å². The summed E-state index contributed by atoms with van der Waals surface area (Å²) in [7, 11) is 0. The predicted molar refractivity (Wildman–Crippen MR) is 90.9 cm³/mol. The summed E-state index contributed by atoms with van der Waals surface area (Å²) >= 11 is 5.86. The zero-order chi connectivity index (χ0) is 17.2. The standard InChI is InChI=1S/C17H18ClN3O2/c1-17(2,3)11-6-4-10(5-7-11)16(23)21-13-8-12(18)9-20-14(13)15(19)22/h4-9H,1-3H3,(H2,19,22)(H,21,23). The van der Waals surface area contributed by atoms with E-state index in [-0.39, 0.29) is 22.7 Å². The molecule has 0 saturated heterocycles. The summed E-state index contributed by atoms with van der Waals surface area (Å²) in [5.74, 6) is -1.10. The molecule has 0 aliphatic carbocycles. The minimum absolute atomic E-state index is 0.00498. The highest BCUT2D eigenvalue weighted by molar-refractivity contribution is 6.31. The maximum atomic E-state index is 12.3. The third kappa shape index (κ3) is 4.07. The predicted octanol–water partition coefficient (Wildman–Crippen LogP) is 3.38. The van der Waals surface area contributed by atoms with E-state index < -0.39 is 5.91 Å². The monoisotopic (exact) mass is 331 g/mol. The van der Waals surface area contributed by atoms with Gasteiger partial charge in [0, 0.05) is 11.8 Å². The number of anilines is 1. The fourth-order valence-corrected chi connectivity index (χ4v) is 2.20. The van der Waals surface area contributed by atoms with E-state index in [0.717, 1.165) is 5.56 Å². The van der Waals surface area contributed by atoms with Crippen LogP contribution >= 0.6 is 11.6 Å². The lowest BCUT2D eigenvalue weighted by Gasteiger charge is -2.19. The number of amides is 2. The highest BCUT2D eigenvalue weighted by Gasteiger charge is 2.16. The van der Waals surface area contributed by atoms with E-state index in [9.17, 15) is 9.59 Å². The molecular weight excluding hydrogens is 314 g/mol. The van der Waals surface area contributed by atoms with Crippen molar-refractivity contribution < 1.29 is 9.59 Å². The fraction of sp³-hybridized carbons (Fsp3) is 0.235. The molecule has 2 amide bonds. The summed E-state index contributed by atoms with van der Waals surface area (Å²) in [6.07, 6.45) is 1.30. The van der Waals surface area contributed by atoms with Gasteiger partial charge in [-0.25, -0.2) is 4.98 Å². The molecule has 0 unspecified atom stereocenters. The molecule has 0 spiro atoms. The SMILES string of the molecule is CC(C)(C)c1ccc(C(=O)Nc2cc(Cl)cnc2C(N)=O)cc1. The first-order valence-electron chi connectivity index (χ1n) is 7.06. The van der Waals surface area contributed by atoms with E-state index in [2.05, 4.69) is 31.1 Å². The number of hydrogen-bond donors (Lipinski definition) is 2. The van der Waals surface area contributed by atoms with E-state index in [1.165, 1.54) is 12.3 Å². The molecule has 2 aromatic rings. The van der Waals surface area contributed by atoms with Crippen LogP contribution < -0.4 is 11.1 Å². The first kappa shape index (κ1) is 17.0. The summed E-state index contributed by atoms with van der Waals surface area (Å²) in [6.45, 7) is 6.29. The van der Waals surface area contributed by atoms with Gasteiger partial charge in [-0.3, -0.25) is 9.59 Å². The van der Waals surface area contributed by atoms with Gasteiger partial charge in [0.25, 0.3) is 11.8 Å². The Morgan fingerprint density at radius 2 is 1.78 bits per heavy atom. The molecule has 0 aliphatic heterocycles. The highest BCUT2D eigenvalue weighted by atomic mass is 35.5. The summed E-state index contributed by atoms with van der Waals surface area (Å²) in [5, 5.41) is 2.92. The molecule has 0 radical (unpaired) electrons. The molecule has 5 nitrogen and oxygen atoms in total. The van der Waals surface area contributed by atoms with Crippen LogP contribution in [0.2, 0.25) is 5.02 Å². The average Bonchev–Trinajstić information content (AvgIpc) is 2.46. The topological polar surface area (TPSA) is 85.1 Å². The Kier molecular flexibility index (Phi) is 4.71. The van der Waals surface area contributed by atoms with Gasteiger partial charge in [-0.05, 0) is 29.2 Å². The molecule has 0 fully saturated rings. The summed E-state index contributed by atoms with van der Waals surface area (Å²) in [5.41, 5.74) is 7.00. The van der Waals surface area contributed by atoms with Crippen molar-refractivity contribution in [3.63, 3.8) is 0 Å². The first-order chi connectivity index (χ1) is 10.7. The van der Waals surface area contributed by atoms with Gasteiger partial charge in [-0.1, -0.05) is 44.5 Å². The lowest BCUT2D eigenvalue weighted by atomic mass is 9.87. The van der Waals surface area contributed by atoms with Crippen LogP contribution in [-0.2, 0) is 5.41 Å². The normalized spacial score (nSPS) is 11.1. The number of nitrogens with zero attached hydrogens (tertiary/aromatic N) is 1. The van der Waals surface area contributed by atoms with Gasteiger partial charge in [0.1, 0.15) is 0 Å². The van der Waals surface area contributed by atoms with Gasteiger partial charge < -0.3 is 11.1 Å². The third-order valence-electron chi connectivity index (χ3n) is 3.35. The van der Waals surface area contributed by atoms with Crippen molar-refractivity contribution in [3.8, 4) is 0 Å². The third-order valence-corrected chi connectivity index (χ3v) is 3.56. The van der Waals surface area contributed by atoms with Gasteiger partial charge in [-0.15, -0.1) is 0 Å². The largest absolute Gasteiger partial charge is 0.364 e. The quantitative estimate of drug-likeness (QED) is 0.904. The van der Waals surface area contributed by atoms with Gasteiger partial charge in [0.05, 0.1) is 10.7 Å². The van der Waals surface area contributed by atoms with Gasteiger partial charge in [0.15, 0.2) is 5.69 Å². The number of aromatic nitrogens is 1. The highest BCUT2D eigenvalue weighted by Crippen LogP contribution is 2.23. The zero-order valence-electron chi connectivity index (χ0n) is 13.2. The maximum Gasteiger partial charge on any atom is 0.269 e. The van der Waals surface area contributed by atoms with Gasteiger partial charge in [0.2, 0.25) is 0 Å². The number of pyridine rings is 1. The van der Waals surface area contributed by atoms with Gasteiger partial charge >= 0.3 is 0 Å². The van der Waals surface area contributed by atoms with E-state index in [4.69, 9.17) is 17.3 Å². The fourth-order valence-electron chi connectivity index (χ4n) is 2.05. The summed E-state index contributed by atoms with van der Waals surface area (Å²) in [4.78, 5) is 27.5. The number of nitrogens with one attached hydrogen (secondary N) is 1. The van der Waals surface area contributed by atoms with Crippen molar-refractivity contribution in [2.75, 3.05) is 5.32 Å². The molecule has 2 rings (SSSR count). The molecule has 1 heterocycles. The molecule has 23 heavy (non-hydrogen) atoms. The van der Waals surface area contributed by atoms with Crippen LogP contribution in [-0.4, -0.2) is 16.8 Å². The second kappa shape index (κ2) is 6.38. The number of carbonyl (C=O) groups is 2. The number of benzene rings is 1. The molecule has 0 aliphatic rings. The average molecular weight is 332 g/mol. The van der Waals surface area contributed by atoms with Crippen LogP contribution in [0.1, 0.15) is 47.2 Å². The van der Waals surface area contributed by atoms with Gasteiger partial charge in [-0.2, -0.15) is 0 Å².